The Labute approximate surface area is 130 Å². The molecule has 0 fully saturated rings. The first-order valence-electron chi connectivity index (χ1n) is 6.69. The van der Waals surface area contributed by atoms with Gasteiger partial charge in [-0.15, -0.1) is 22.9 Å². The van der Waals surface area contributed by atoms with E-state index in [9.17, 15) is 0 Å². The molecule has 0 aliphatic heterocycles. The topological polar surface area (TPSA) is 30.7 Å². The number of imidazole rings is 1. The highest BCUT2D eigenvalue weighted by atomic mass is 35.5. The van der Waals surface area contributed by atoms with Crippen molar-refractivity contribution in [2.75, 3.05) is 0 Å². The van der Waals surface area contributed by atoms with Crippen LogP contribution in [0.5, 0.6) is 0 Å². The van der Waals surface area contributed by atoms with Crippen LogP contribution in [-0.4, -0.2) is 14.5 Å². The summed E-state index contributed by atoms with van der Waals surface area (Å²) in [5, 5.41) is -0.158. The lowest BCUT2D eigenvalue weighted by atomic mass is 10.2. The number of benzene rings is 2. The highest BCUT2D eigenvalue weighted by Gasteiger charge is 2.16. The van der Waals surface area contributed by atoms with Gasteiger partial charge in [-0.1, -0.05) is 12.1 Å². The predicted octanol–water partition coefficient (Wildman–Crippen LogP) is 4.94. The molecule has 0 aliphatic rings. The molecule has 2 aromatic carbocycles. The number of fused-ring (bicyclic) bond motifs is 2. The largest absolute Gasteiger partial charge is 0.295 e. The zero-order valence-corrected chi connectivity index (χ0v) is 12.9. The van der Waals surface area contributed by atoms with Crippen LogP contribution in [0.2, 0.25) is 0 Å². The number of rotatable bonds is 2. The third kappa shape index (κ3) is 2.03. The van der Waals surface area contributed by atoms with E-state index in [4.69, 9.17) is 11.6 Å². The van der Waals surface area contributed by atoms with Crippen molar-refractivity contribution in [1.82, 2.24) is 14.5 Å². The molecule has 0 saturated carbocycles. The van der Waals surface area contributed by atoms with Crippen LogP contribution in [0.25, 0.3) is 26.9 Å². The fourth-order valence-electron chi connectivity index (χ4n) is 2.57. The summed E-state index contributed by atoms with van der Waals surface area (Å²) in [6, 6.07) is 14.4. The number of halogens is 1. The number of aromatic nitrogens is 3. The first-order chi connectivity index (χ1) is 10.2. The van der Waals surface area contributed by atoms with E-state index in [1.165, 1.54) is 4.70 Å². The van der Waals surface area contributed by atoms with Gasteiger partial charge in [0.1, 0.15) is 5.82 Å². The van der Waals surface area contributed by atoms with Crippen molar-refractivity contribution in [2.24, 2.45) is 0 Å². The molecule has 0 saturated heterocycles. The SMILES string of the molecule is CC(Cl)c1nc2ccccc2n1-c1ccc2ncsc2c1. The van der Waals surface area contributed by atoms with Gasteiger partial charge in [-0.2, -0.15) is 0 Å². The van der Waals surface area contributed by atoms with Crippen LogP contribution in [0.3, 0.4) is 0 Å². The van der Waals surface area contributed by atoms with Gasteiger partial charge in [-0.25, -0.2) is 9.97 Å². The van der Waals surface area contributed by atoms with E-state index < -0.39 is 0 Å². The van der Waals surface area contributed by atoms with E-state index in [1.54, 1.807) is 11.3 Å². The van der Waals surface area contributed by atoms with Crippen LogP contribution in [0.15, 0.2) is 48.0 Å². The second-order valence-electron chi connectivity index (χ2n) is 4.91. The standard InChI is InChI=1S/C16H12ClN3S/c1-10(17)16-19-12-4-2-3-5-14(12)20(16)11-6-7-13-15(8-11)21-9-18-13/h2-10H,1H3. The Morgan fingerprint density at radius 3 is 2.86 bits per heavy atom. The number of thiazole rings is 1. The normalized spacial score (nSPS) is 13.0. The Balaban J connectivity index is 2.05. The summed E-state index contributed by atoms with van der Waals surface area (Å²) in [6.07, 6.45) is 0. The zero-order valence-electron chi connectivity index (χ0n) is 11.3. The minimum Gasteiger partial charge on any atom is -0.295 e. The predicted molar refractivity (Wildman–Crippen MR) is 88.5 cm³/mol. The molecular formula is C16H12ClN3S. The van der Waals surface area contributed by atoms with Gasteiger partial charge >= 0.3 is 0 Å². The van der Waals surface area contributed by atoms with Crippen molar-refractivity contribution in [3.05, 3.63) is 53.8 Å². The molecule has 0 radical (unpaired) electrons. The molecule has 1 unspecified atom stereocenters. The summed E-state index contributed by atoms with van der Waals surface area (Å²) in [5.41, 5.74) is 6.00. The molecule has 3 nitrogen and oxygen atoms in total. The maximum atomic E-state index is 6.33. The average Bonchev–Trinajstić information content (AvgIpc) is 3.10. The number of hydrogen-bond donors (Lipinski definition) is 0. The molecule has 5 heteroatoms. The first kappa shape index (κ1) is 12.8. The molecule has 4 aromatic rings. The number of alkyl halides is 1. The van der Waals surface area contributed by atoms with Crippen molar-refractivity contribution < 1.29 is 0 Å². The van der Waals surface area contributed by atoms with E-state index in [0.717, 1.165) is 28.1 Å². The molecule has 0 aliphatic carbocycles. The molecule has 1 atom stereocenters. The molecule has 0 N–H and O–H groups in total. The molecule has 104 valence electrons. The third-order valence-corrected chi connectivity index (χ3v) is 4.50. The third-order valence-electron chi connectivity index (χ3n) is 3.52. The summed E-state index contributed by atoms with van der Waals surface area (Å²) in [5.74, 6) is 0.863. The Kier molecular flexibility index (Phi) is 2.94. The quantitative estimate of drug-likeness (QED) is 0.491. The highest BCUT2D eigenvalue weighted by Crippen LogP contribution is 2.30. The lowest BCUT2D eigenvalue weighted by Crippen LogP contribution is -2.01. The van der Waals surface area contributed by atoms with Crippen molar-refractivity contribution in [1.29, 1.82) is 0 Å². The zero-order chi connectivity index (χ0) is 14.4. The van der Waals surface area contributed by atoms with Gasteiger partial charge in [0.05, 0.1) is 32.1 Å². The smallest absolute Gasteiger partial charge is 0.132 e. The molecule has 0 bridgehead atoms. The van der Waals surface area contributed by atoms with Gasteiger partial charge in [-0.05, 0) is 37.3 Å². The number of nitrogens with zero attached hydrogens (tertiary/aromatic N) is 3. The summed E-state index contributed by atoms with van der Waals surface area (Å²) in [7, 11) is 0. The maximum Gasteiger partial charge on any atom is 0.132 e. The Hall–Kier alpha value is -1.91. The van der Waals surface area contributed by atoms with Crippen LogP contribution in [0.4, 0.5) is 0 Å². The van der Waals surface area contributed by atoms with Gasteiger partial charge in [-0.3, -0.25) is 4.57 Å². The molecule has 2 aromatic heterocycles. The molecule has 4 rings (SSSR count). The Morgan fingerprint density at radius 2 is 2.00 bits per heavy atom. The average molecular weight is 314 g/mol. The van der Waals surface area contributed by atoms with Crippen LogP contribution in [0.1, 0.15) is 18.1 Å². The lowest BCUT2D eigenvalue weighted by Gasteiger charge is -2.10. The van der Waals surface area contributed by atoms with Gasteiger partial charge < -0.3 is 0 Å². The van der Waals surface area contributed by atoms with Crippen LogP contribution >= 0.6 is 22.9 Å². The minimum absolute atomic E-state index is 0.158. The molecule has 21 heavy (non-hydrogen) atoms. The van der Waals surface area contributed by atoms with Gasteiger partial charge in [0, 0.05) is 5.69 Å². The second kappa shape index (κ2) is 4.83. The van der Waals surface area contributed by atoms with Gasteiger partial charge in [0.25, 0.3) is 0 Å². The van der Waals surface area contributed by atoms with E-state index in [1.807, 2.05) is 36.7 Å². The molecular weight excluding hydrogens is 302 g/mol. The van der Waals surface area contributed by atoms with E-state index >= 15 is 0 Å². The Bertz CT molecular complexity index is 939. The fourth-order valence-corrected chi connectivity index (χ4v) is 3.42. The second-order valence-corrected chi connectivity index (χ2v) is 6.46. The molecule has 0 amide bonds. The summed E-state index contributed by atoms with van der Waals surface area (Å²) in [6.45, 7) is 1.95. The maximum absolute atomic E-state index is 6.33. The van der Waals surface area contributed by atoms with E-state index in [0.29, 0.717) is 0 Å². The summed E-state index contributed by atoms with van der Waals surface area (Å²) in [4.78, 5) is 9.00. The summed E-state index contributed by atoms with van der Waals surface area (Å²) >= 11 is 7.97. The molecule has 0 spiro atoms. The fraction of sp³-hybridized carbons (Fsp3) is 0.125. The van der Waals surface area contributed by atoms with Gasteiger partial charge in [0.2, 0.25) is 0 Å². The van der Waals surface area contributed by atoms with Gasteiger partial charge in [0.15, 0.2) is 0 Å². The number of hydrogen-bond acceptors (Lipinski definition) is 3. The number of para-hydroxylation sites is 2. The van der Waals surface area contributed by atoms with Crippen LogP contribution in [-0.2, 0) is 0 Å². The van der Waals surface area contributed by atoms with Crippen LogP contribution in [0, 0.1) is 0 Å². The van der Waals surface area contributed by atoms with Crippen LogP contribution < -0.4 is 0 Å². The van der Waals surface area contributed by atoms with Crippen molar-refractivity contribution in [2.45, 2.75) is 12.3 Å². The molecule has 2 heterocycles. The first-order valence-corrected chi connectivity index (χ1v) is 8.01. The lowest BCUT2D eigenvalue weighted by molar-refractivity contribution is 0.883. The summed E-state index contributed by atoms with van der Waals surface area (Å²) < 4.78 is 3.30. The van der Waals surface area contributed by atoms with E-state index in [-0.39, 0.29) is 5.38 Å². The Morgan fingerprint density at radius 1 is 1.14 bits per heavy atom. The van der Waals surface area contributed by atoms with Crippen molar-refractivity contribution in [3.8, 4) is 5.69 Å². The monoisotopic (exact) mass is 313 g/mol. The van der Waals surface area contributed by atoms with E-state index in [2.05, 4.69) is 32.7 Å². The minimum atomic E-state index is -0.158. The highest BCUT2D eigenvalue weighted by molar-refractivity contribution is 7.16. The van der Waals surface area contributed by atoms with Crippen molar-refractivity contribution >= 4 is 44.2 Å². The van der Waals surface area contributed by atoms with Crippen molar-refractivity contribution in [3.63, 3.8) is 0 Å².